The quantitative estimate of drug-likeness (QED) is 0.537. The van der Waals surface area contributed by atoms with Crippen molar-refractivity contribution in [3.63, 3.8) is 0 Å². The van der Waals surface area contributed by atoms with Crippen LogP contribution < -0.4 is 15.1 Å². The smallest absolute Gasteiger partial charge is 0.410 e. The van der Waals surface area contributed by atoms with E-state index >= 15 is 0 Å². The van der Waals surface area contributed by atoms with E-state index in [2.05, 4.69) is 10.3 Å². The van der Waals surface area contributed by atoms with Crippen LogP contribution in [-0.4, -0.2) is 54.0 Å². The number of amides is 1. The molecule has 0 bridgehead atoms. The Labute approximate surface area is 201 Å². The topological polar surface area (TPSA) is 119 Å². The Balaban J connectivity index is 1.64. The number of carbonyl (C=O) groups excluding carboxylic acids is 1. The fourth-order valence-corrected chi connectivity index (χ4v) is 5.43. The molecule has 2 aromatic heterocycles. The fraction of sp³-hybridized carbons (Fsp3) is 0.409. The summed E-state index contributed by atoms with van der Waals surface area (Å²) >= 11 is 1.18. The van der Waals surface area contributed by atoms with E-state index in [4.69, 9.17) is 8.92 Å². The van der Waals surface area contributed by atoms with Gasteiger partial charge in [0.15, 0.2) is 4.96 Å². The molecule has 1 aromatic carbocycles. The molecule has 0 spiro atoms. The van der Waals surface area contributed by atoms with Crippen LogP contribution in [0.4, 0.5) is 4.79 Å². The molecule has 1 unspecified atom stereocenters. The molecule has 1 aliphatic rings. The predicted molar refractivity (Wildman–Crippen MR) is 127 cm³/mol. The monoisotopic (exact) mass is 506 g/mol. The molecule has 1 fully saturated rings. The van der Waals surface area contributed by atoms with E-state index in [9.17, 15) is 18.0 Å². The average Bonchev–Trinajstić information content (AvgIpc) is 3.17. The normalized spacial score (nSPS) is 17.1. The number of thiazole rings is 1. The number of aryl methyl sites for hydroxylation is 1. The second-order valence-electron chi connectivity index (χ2n) is 8.96. The molecule has 182 valence electrons. The molecular formula is C22H26N4O6S2. The van der Waals surface area contributed by atoms with Crippen molar-refractivity contribution >= 4 is 32.5 Å². The summed E-state index contributed by atoms with van der Waals surface area (Å²) in [5, 5.41) is 3.25. The van der Waals surface area contributed by atoms with Gasteiger partial charge in [0.05, 0.1) is 12.1 Å². The Kier molecular flexibility index (Phi) is 6.40. The maximum atomic E-state index is 12.8. The zero-order chi connectivity index (χ0) is 24.7. The van der Waals surface area contributed by atoms with Crippen LogP contribution in [0, 0.1) is 6.92 Å². The van der Waals surface area contributed by atoms with Gasteiger partial charge in [0.1, 0.15) is 10.5 Å². The molecule has 12 heteroatoms. The van der Waals surface area contributed by atoms with E-state index in [-0.39, 0.29) is 21.8 Å². The third-order valence-electron chi connectivity index (χ3n) is 5.07. The molecule has 0 radical (unpaired) electrons. The van der Waals surface area contributed by atoms with Crippen molar-refractivity contribution in [2.24, 2.45) is 0 Å². The number of hydrogen-bond donors (Lipinski definition) is 1. The minimum atomic E-state index is -4.15. The summed E-state index contributed by atoms with van der Waals surface area (Å²) < 4.78 is 37.2. The molecule has 10 nitrogen and oxygen atoms in total. The molecule has 3 heterocycles. The number of ether oxygens (including phenoxy) is 1. The summed E-state index contributed by atoms with van der Waals surface area (Å²) in [5.41, 5.74) is -0.227. The first-order valence-corrected chi connectivity index (χ1v) is 12.9. The van der Waals surface area contributed by atoms with Gasteiger partial charge in [-0.2, -0.15) is 13.4 Å². The third-order valence-corrected chi connectivity index (χ3v) is 7.39. The van der Waals surface area contributed by atoms with Crippen molar-refractivity contribution in [1.29, 1.82) is 0 Å². The predicted octanol–water partition coefficient (Wildman–Crippen LogP) is 2.71. The highest BCUT2D eigenvalue weighted by molar-refractivity contribution is 7.87. The number of carbonyl (C=O) groups is 1. The highest BCUT2D eigenvalue weighted by atomic mass is 32.2. The van der Waals surface area contributed by atoms with Crippen LogP contribution in [0.25, 0.3) is 4.96 Å². The van der Waals surface area contributed by atoms with Crippen molar-refractivity contribution in [3.05, 3.63) is 57.3 Å². The van der Waals surface area contributed by atoms with Crippen LogP contribution >= 0.6 is 11.3 Å². The Morgan fingerprint density at radius 3 is 2.62 bits per heavy atom. The first-order valence-electron chi connectivity index (χ1n) is 10.7. The van der Waals surface area contributed by atoms with Crippen LogP contribution in [0.15, 0.2) is 46.2 Å². The number of hydrogen-bond acceptors (Lipinski definition) is 9. The lowest BCUT2D eigenvalue weighted by Crippen LogP contribution is -2.49. The van der Waals surface area contributed by atoms with Crippen molar-refractivity contribution in [1.82, 2.24) is 19.6 Å². The number of fused-ring (bicyclic) bond motifs is 1. The van der Waals surface area contributed by atoms with E-state index in [1.54, 1.807) is 44.0 Å². The number of piperazine rings is 1. The van der Waals surface area contributed by atoms with Gasteiger partial charge >= 0.3 is 16.2 Å². The van der Waals surface area contributed by atoms with Gasteiger partial charge in [-0.25, -0.2) is 4.79 Å². The molecule has 1 atom stereocenters. The number of benzene rings is 1. The largest absolute Gasteiger partial charge is 0.444 e. The fourth-order valence-electron chi connectivity index (χ4n) is 3.46. The Hall–Kier alpha value is -2.96. The van der Waals surface area contributed by atoms with Gasteiger partial charge < -0.3 is 14.2 Å². The molecule has 1 saturated heterocycles. The molecule has 4 rings (SSSR count). The standard InChI is InChI=1S/C22H26N4O6S2/c1-14-5-7-15(8-6-14)34(29,30)32-18-11-19(27)26-13-17(33-20(26)24-18)16-12-23-9-10-25(16)21(28)31-22(2,3)4/h5-8,11,13,16,23H,9-10,12H2,1-4H3. The molecular weight excluding hydrogens is 480 g/mol. The number of rotatable bonds is 4. The maximum Gasteiger partial charge on any atom is 0.410 e. The van der Waals surface area contributed by atoms with E-state index in [0.717, 1.165) is 11.6 Å². The first-order chi connectivity index (χ1) is 15.9. The summed E-state index contributed by atoms with van der Waals surface area (Å²) in [5.74, 6) is -0.315. The van der Waals surface area contributed by atoms with Crippen molar-refractivity contribution < 1.29 is 22.1 Å². The molecule has 0 aliphatic carbocycles. The van der Waals surface area contributed by atoms with E-state index in [1.165, 1.54) is 27.9 Å². The second-order valence-corrected chi connectivity index (χ2v) is 11.5. The summed E-state index contributed by atoms with van der Waals surface area (Å²) in [6, 6.07) is 6.83. The first kappa shape index (κ1) is 24.2. The Morgan fingerprint density at radius 1 is 1.24 bits per heavy atom. The molecule has 1 aliphatic heterocycles. The van der Waals surface area contributed by atoms with Crippen LogP contribution in [0.3, 0.4) is 0 Å². The van der Waals surface area contributed by atoms with E-state index < -0.39 is 27.4 Å². The average molecular weight is 507 g/mol. The number of aromatic nitrogens is 2. The number of nitrogens with zero attached hydrogens (tertiary/aromatic N) is 3. The zero-order valence-electron chi connectivity index (χ0n) is 19.3. The van der Waals surface area contributed by atoms with Crippen molar-refractivity contribution in [2.75, 3.05) is 19.6 Å². The van der Waals surface area contributed by atoms with Crippen LogP contribution in [0.2, 0.25) is 0 Å². The van der Waals surface area contributed by atoms with E-state index in [0.29, 0.717) is 24.5 Å². The lowest BCUT2D eigenvalue weighted by atomic mass is 10.1. The summed E-state index contributed by atoms with van der Waals surface area (Å²) in [4.78, 5) is 32.2. The third kappa shape index (κ3) is 5.24. The lowest BCUT2D eigenvalue weighted by molar-refractivity contribution is 0.0121. The van der Waals surface area contributed by atoms with Gasteiger partial charge in [0.2, 0.25) is 5.88 Å². The van der Waals surface area contributed by atoms with Gasteiger partial charge in [-0.05, 0) is 39.8 Å². The summed E-state index contributed by atoms with van der Waals surface area (Å²) in [7, 11) is -4.15. The highest BCUT2D eigenvalue weighted by Crippen LogP contribution is 2.30. The van der Waals surface area contributed by atoms with Crippen LogP contribution in [0.1, 0.15) is 37.3 Å². The van der Waals surface area contributed by atoms with E-state index in [1.807, 2.05) is 6.92 Å². The summed E-state index contributed by atoms with van der Waals surface area (Å²) in [6.07, 6.45) is 1.17. The Bertz CT molecular complexity index is 1370. The Morgan fingerprint density at radius 2 is 1.94 bits per heavy atom. The van der Waals surface area contributed by atoms with Gasteiger partial charge in [0, 0.05) is 30.7 Å². The van der Waals surface area contributed by atoms with Gasteiger partial charge in [-0.3, -0.25) is 14.1 Å². The highest BCUT2D eigenvalue weighted by Gasteiger charge is 2.33. The SMILES string of the molecule is Cc1ccc(S(=O)(=O)Oc2cc(=O)n3cc(C4CNCCN4C(=O)OC(C)(C)C)sc3n2)cc1. The second kappa shape index (κ2) is 9.01. The van der Waals surface area contributed by atoms with Crippen molar-refractivity contribution in [2.45, 2.75) is 44.2 Å². The maximum absolute atomic E-state index is 12.8. The van der Waals surface area contributed by atoms with Gasteiger partial charge in [-0.1, -0.05) is 29.0 Å². The van der Waals surface area contributed by atoms with Gasteiger partial charge in [-0.15, -0.1) is 0 Å². The van der Waals surface area contributed by atoms with Crippen LogP contribution in [0.5, 0.6) is 5.88 Å². The minimum Gasteiger partial charge on any atom is -0.444 e. The zero-order valence-corrected chi connectivity index (χ0v) is 20.9. The number of nitrogens with one attached hydrogen (secondary N) is 1. The lowest BCUT2D eigenvalue weighted by Gasteiger charge is -2.36. The van der Waals surface area contributed by atoms with Crippen molar-refractivity contribution in [3.8, 4) is 5.88 Å². The molecule has 1 N–H and O–H groups in total. The minimum absolute atomic E-state index is 0.0340. The summed E-state index contributed by atoms with van der Waals surface area (Å²) in [6.45, 7) is 8.79. The molecule has 0 saturated carbocycles. The molecule has 3 aromatic rings. The molecule has 1 amide bonds. The van der Waals surface area contributed by atoms with Crippen LogP contribution in [-0.2, 0) is 14.9 Å². The molecule has 34 heavy (non-hydrogen) atoms. The van der Waals surface area contributed by atoms with Gasteiger partial charge in [0.25, 0.3) is 5.56 Å².